The predicted octanol–water partition coefficient (Wildman–Crippen LogP) is 4.80. The number of carbonyl (C=O) groups excluding carboxylic acids is 1. The number of nitrogens with zero attached hydrogens (tertiary/aromatic N) is 1. The number of ether oxygens (including phenoxy) is 1. The van der Waals surface area contributed by atoms with Gasteiger partial charge in [0.2, 0.25) is 0 Å². The van der Waals surface area contributed by atoms with Crippen LogP contribution in [0, 0.1) is 18.3 Å². The Balaban J connectivity index is 2.41. The molecule has 0 spiro atoms. The van der Waals surface area contributed by atoms with Crippen LogP contribution in [0.15, 0.2) is 22.7 Å². The van der Waals surface area contributed by atoms with E-state index < -0.39 is 41.7 Å². The zero-order valence-electron chi connectivity index (χ0n) is 16.1. The normalized spacial score (nSPS) is 23.0. The molecule has 0 saturated carbocycles. The average Bonchev–Trinajstić information content (AvgIpc) is 2.90. The third-order valence-corrected chi connectivity index (χ3v) is 5.69. The van der Waals surface area contributed by atoms with Gasteiger partial charge in [0, 0.05) is 23.5 Å². The monoisotopic (exact) mass is 465 g/mol. The summed E-state index contributed by atoms with van der Waals surface area (Å²) in [5, 5.41) is 9.57. The fourth-order valence-electron chi connectivity index (χ4n) is 3.35. The highest BCUT2D eigenvalue weighted by atomic mass is 79.9. The van der Waals surface area contributed by atoms with Crippen LogP contribution in [-0.4, -0.2) is 46.9 Å². The molecule has 156 valence electrons. The van der Waals surface area contributed by atoms with Gasteiger partial charge in [0.25, 0.3) is 0 Å². The summed E-state index contributed by atoms with van der Waals surface area (Å²) in [6.07, 6.45) is -6.11. The molecule has 1 aromatic carbocycles. The summed E-state index contributed by atoms with van der Waals surface area (Å²) in [5.41, 5.74) is -2.49. The third-order valence-electron chi connectivity index (χ3n) is 4.84. The fourth-order valence-corrected chi connectivity index (χ4v) is 3.78. The molecule has 0 aliphatic carbocycles. The molecule has 1 aromatic rings. The lowest BCUT2D eigenvalue weighted by molar-refractivity contribution is -0.237. The number of likely N-dealkylation sites (tertiary alicyclic amines) is 1. The Morgan fingerprint density at radius 3 is 2.39 bits per heavy atom. The molecule has 2 unspecified atom stereocenters. The van der Waals surface area contributed by atoms with Gasteiger partial charge in [-0.3, -0.25) is 4.79 Å². The zero-order chi connectivity index (χ0) is 21.5. The SMILES string of the molecule is Cc1ccc(CC2CN(C(=O)OC(C)(C)C)CC2(C(=O)O)C(F)(F)F)cc1Br. The molecule has 2 rings (SSSR count). The van der Waals surface area contributed by atoms with Crippen LogP contribution in [0.3, 0.4) is 0 Å². The van der Waals surface area contributed by atoms with Gasteiger partial charge in [-0.05, 0) is 51.3 Å². The third kappa shape index (κ3) is 4.45. The maximum atomic E-state index is 14.0. The average molecular weight is 466 g/mol. The van der Waals surface area contributed by atoms with Crippen LogP contribution in [0.4, 0.5) is 18.0 Å². The number of aryl methyl sites for hydroxylation is 1. The van der Waals surface area contributed by atoms with E-state index in [-0.39, 0.29) is 13.0 Å². The van der Waals surface area contributed by atoms with E-state index in [0.717, 1.165) is 14.9 Å². The molecule has 1 aliphatic heterocycles. The maximum Gasteiger partial charge on any atom is 0.410 e. The van der Waals surface area contributed by atoms with Gasteiger partial charge in [-0.15, -0.1) is 0 Å². The lowest BCUT2D eigenvalue weighted by Gasteiger charge is -2.32. The highest BCUT2D eigenvalue weighted by Crippen LogP contribution is 2.50. The molecule has 5 nitrogen and oxygen atoms in total. The van der Waals surface area contributed by atoms with Crippen LogP contribution in [0.5, 0.6) is 0 Å². The predicted molar refractivity (Wildman–Crippen MR) is 100 cm³/mol. The van der Waals surface area contributed by atoms with Crippen molar-refractivity contribution in [2.45, 2.75) is 45.9 Å². The number of amides is 1. The molecule has 1 N–H and O–H groups in total. The van der Waals surface area contributed by atoms with Gasteiger partial charge < -0.3 is 14.7 Å². The lowest BCUT2D eigenvalue weighted by Crippen LogP contribution is -2.52. The fraction of sp³-hybridized carbons (Fsp3) is 0.579. The number of alkyl halides is 3. The summed E-state index contributed by atoms with van der Waals surface area (Å²) in [4.78, 5) is 25.0. The molecule has 0 bridgehead atoms. The molecule has 9 heteroatoms. The molecule has 0 aromatic heterocycles. The second-order valence-electron chi connectivity index (χ2n) is 8.12. The highest BCUT2D eigenvalue weighted by molar-refractivity contribution is 9.10. The van der Waals surface area contributed by atoms with E-state index in [1.807, 2.05) is 6.92 Å². The molecular weight excluding hydrogens is 443 g/mol. The number of benzene rings is 1. The van der Waals surface area contributed by atoms with Crippen molar-refractivity contribution in [1.82, 2.24) is 4.90 Å². The smallest absolute Gasteiger partial charge is 0.410 e. The summed E-state index contributed by atoms with van der Waals surface area (Å²) in [7, 11) is 0. The van der Waals surface area contributed by atoms with Crippen molar-refractivity contribution in [2.24, 2.45) is 11.3 Å². The minimum atomic E-state index is -5.03. The second kappa shape index (κ2) is 7.57. The first-order chi connectivity index (χ1) is 12.7. The topological polar surface area (TPSA) is 66.8 Å². The zero-order valence-corrected chi connectivity index (χ0v) is 17.6. The summed E-state index contributed by atoms with van der Waals surface area (Å²) in [5.74, 6) is -3.32. The Morgan fingerprint density at radius 1 is 1.32 bits per heavy atom. The molecule has 1 amide bonds. The van der Waals surface area contributed by atoms with Crippen LogP contribution >= 0.6 is 15.9 Å². The van der Waals surface area contributed by atoms with Gasteiger partial charge >= 0.3 is 18.2 Å². The number of carboxylic acid groups (broad SMARTS) is 1. The quantitative estimate of drug-likeness (QED) is 0.695. The molecule has 28 heavy (non-hydrogen) atoms. The van der Waals surface area contributed by atoms with Crippen LogP contribution in [0.1, 0.15) is 31.9 Å². The van der Waals surface area contributed by atoms with Crippen molar-refractivity contribution < 1.29 is 32.6 Å². The van der Waals surface area contributed by atoms with E-state index in [2.05, 4.69) is 15.9 Å². The maximum absolute atomic E-state index is 14.0. The van der Waals surface area contributed by atoms with E-state index in [9.17, 15) is 27.9 Å². The molecule has 1 heterocycles. The first-order valence-corrected chi connectivity index (χ1v) is 9.50. The van der Waals surface area contributed by atoms with Crippen LogP contribution in [-0.2, 0) is 16.0 Å². The minimum Gasteiger partial charge on any atom is -0.481 e. The molecule has 1 saturated heterocycles. The Hall–Kier alpha value is -1.77. The Bertz CT molecular complexity index is 775. The number of hydrogen-bond acceptors (Lipinski definition) is 3. The van der Waals surface area contributed by atoms with E-state index in [4.69, 9.17) is 4.74 Å². The molecule has 1 aliphatic rings. The summed E-state index contributed by atoms with van der Waals surface area (Å²) < 4.78 is 47.8. The van der Waals surface area contributed by atoms with Crippen LogP contribution in [0.2, 0.25) is 0 Å². The first kappa shape index (κ1) is 22.5. The van der Waals surface area contributed by atoms with Crippen molar-refractivity contribution in [1.29, 1.82) is 0 Å². The van der Waals surface area contributed by atoms with Gasteiger partial charge in [0.1, 0.15) is 5.60 Å². The molecule has 1 fully saturated rings. The standard InChI is InChI=1S/C19H23BrF3NO4/c1-11-5-6-12(8-14(11)20)7-13-9-24(16(27)28-17(2,3)4)10-18(13,15(25)26)19(21,22)23/h5-6,8,13H,7,9-10H2,1-4H3,(H,25,26). The van der Waals surface area contributed by atoms with E-state index in [0.29, 0.717) is 5.56 Å². The number of halogens is 4. The van der Waals surface area contributed by atoms with Gasteiger partial charge in [-0.1, -0.05) is 28.1 Å². The number of carboxylic acids is 1. The second-order valence-corrected chi connectivity index (χ2v) is 8.97. The summed E-state index contributed by atoms with van der Waals surface area (Å²) in [6, 6.07) is 5.09. The van der Waals surface area contributed by atoms with E-state index in [1.165, 1.54) is 0 Å². The number of hydrogen-bond donors (Lipinski definition) is 1. The van der Waals surface area contributed by atoms with Crippen molar-refractivity contribution in [3.05, 3.63) is 33.8 Å². The largest absolute Gasteiger partial charge is 0.481 e. The first-order valence-electron chi connectivity index (χ1n) is 8.70. The number of aliphatic carboxylic acids is 1. The Morgan fingerprint density at radius 2 is 1.93 bits per heavy atom. The molecule has 0 radical (unpaired) electrons. The van der Waals surface area contributed by atoms with Gasteiger partial charge in [0.15, 0.2) is 5.41 Å². The molecule has 2 atom stereocenters. The van der Waals surface area contributed by atoms with Gasteiger partial charge in [-0.25, -0.2) is 4.79 Å². The van der Waals surface area contributed by atoms with Crippen molar-refractivity contribution in [3.8, 4) is 0 Å². The summed E-state index contributed by atoms with van der Waals surface area (Å²) >= 11 is 3.34. The molecular formula is C19H23BrF3NO4. The van der Waals surface area contributed by atoms with Crippen molar-refractivity contribution in [3.63, 3.8) is 0 Å². The minimum absolute atomic E-state index is 0.135. The van der Waals surface area contributed by atoms with E-state index >= 15 is 0 Å². The lowest BCUT2D eigenvalue weighted by atomic mass is 9.74. The van der Waals surface area contributed by atoms with Crippen molar-refractivity contribution >= 4 is 28.0 Å². The van der Waals surface area contributed by atoms with Crippen molar-refractivity contribution in [2.75, 3.05) is 13.1 Å². The van der Waals surface area contributed by atoms with Crippen LogP contribution < -0.4 is 0 Å². The summed E-state index contributed by atoms with van der Waals surface area (Å²) in [6.45, 7) is 5.29. The number of rotatable bonds is 3. The Labute approximate surface area is 170 Å². The van der Waals surface area contributed by atoms with E-state index in [1.54, 1.807) is 39.0 Å². The number of carbonyl (C=O) groups is 2. The van der Waals surface area contributed by atoms with Gasteiger partial charge in [0.05, 0.1) is 0 Å². The highest BCUT2D eigenvalue weighted by Gasteiger charge is 2.69. The van der Waals surface area contributed by atoms with Crippen LogP contribution in [0.25, 0.3) is 0 Å². The van der Waals surface area contributed by atoms with Gasteiger partial charge in [-0.2, -0.15) is 13.2 Å². The Kier molecular flexibility index (Phi) is 6.09.